The third kappa shape index (κ3) is 3.49. The number of hydrogen-bond acceptors (Lipinski definition) is 3. The maximum atomic E-state index is 11.8. The smallest absolute Gasteiger partial charge is 0.251 e. The zero-order valence-corrected chi connectivity index (χ0v) is 12.8. The second-order valence-electron chi connectivity index (χ2n) is 5.19. The Kier molecular flexibility index (Phi) is 4.75. The van der Waals surface area contributed by atoms with E-state index in [1.807, 2.05) is 42.9 Å². The van der Waals surface area contributed by atoms with Crippen LogP contribution in [-0.2, 0) is 13.5 Å². The number of nitrogens with one attached hydrogen (secondary N) is 1. The lowest BCUT2D eigenvalue weighted by Gasteiger charge is -2.06. The highest BCUT2D eigenvalue weighted by atomic mass is 16.1. The van der Waals surface area contributed by atoms with Crippen molar-refractivity contribution in [3.8, 4) is 0 Å². The number of carbonyl (C=O) groups is 1. The highest BCUT2D eigenvalue weighted by Gasteiger charge is 2.10. The molecule has 21 heavy (non-hydrogen) atoms. The largest absolute Gasteiger partial charge is 0.351 e. The average molecular weight is 286 g/mol. The molecule has 0 spiro atoms. The van der Waals surface area contributed by atoms with E-state index in [1.54, 1.807) is 0 Å². The average Bonchev–Trinajstić information content (AvgIpc) is 2.72. The van der Waals surface area contributed by atoms with Crippen molar-refractivity contribution >= 4 is 5.91 Å². The monoisotopic (exact) mass is 286 g/mol. The van der Waals surface area contributed by atoms with Gasteiger partial charge in [0.05, 0.1) is 5.69 Å². The fourth-order valence-electron chi connectivity index (χ4n) is 2.34. The van der Waals surface area contributed by atoms with Crippen molar-refractivity contribution in [2.45, 2.75) is 20.3 Å². The lowest BCUT2D eigenvalue weighted by molar-refractivity contribution is 0.0955. The SMILES string of the molecule is Cc1nn(C)c(C)c1Cc1ccc(C(=O)NCCN)cc1. The number of benzene rings is 1. The number of hydrogen-bond donors (Lipinski definition) is 2. The molecule has 5 heteroatoms. The van der Waals surface area contributed by atoms with Crippen LogP contribution in [0.3, 0.4) is 0 Å². The predicted octanol–water partition coefficient (Wildman–Crippen LogP) is 1.32. The summed E-state index contributed by atoms with van der Waals surface area (Å²) < 4.78 is 1.90. The molecule has 1 aromatic heterocycles. The topological polar surface area (TPSA) is 72.9 Å². The summed E-state index contributed by atoms with van der Waals surface area (Å²) in [6.45, 7) is 5.04. The summed E-state index contributed by atoms with van der Waals surface area (Å²) in [4.78, 5) is 11.8. The van der Waals surface area contributed by atoms with E-state index in [-0.39, 0.29) is 5.91 Å². The maximum Gasteiger partial charge on any atom is 0.251 e. The minimum Gasteiger partial charge on any atom is -0.351 e. The zero-order chi connectivity index (χ0) is 15.4. The Bertz CT molecular complexity index is 628. The highest BCUT2D eigenvalue weighted by Crippen LogP contribution is 2.17. The maximum absolute atomic E-state index is 11.8. The number of amides is 1. The molecule has 0 unspecified atom stereocenters. The summed E-state index contributed by atoms with van der Waals surface area (Å²) >= 11 is 0. The molecular weight excluding hydrogens is 264 g/mol. The molecule has 2 aromatic rings. The van der Waals surface area contributed by atoms with Gasteiger partial charge in [0.25, 0.3) is 5.91 Å². The quantitative estimate of drug-likeness (QED) is 0.870. The van der Waals surface area contributed by atoms with Crippen LogP contribution in [-0.4, -0.2) is 28.8 Å². The van der Waals surface area contributed by atoms with Crippen molar-refractivity contribution < 1.29 is 4.79 Å². The molecule has 5 nitrogen and oxygen atoms in total. The van der Waals surface area contributed by atoms with Gasteiger partial charge in [0, 0.05) is 43.4 Å². The minimum atomic E-state index is -0.0826. The predicted molar refractivity (Wildman–Crippen MR) is 83.3 cm³/mol. The van der Waals surface area contributed by atoms with Gasteiger partial charge in [0.2, 0.25) is 0 Å². The van der Waals surface area contributed by atoms with Crippen molar-refractivity contribution in [2.24, 2.45) is 12.8 Å². The molecule has 2 rings (SSSR count). The van der Waals surface area contributed by atoms with Crippen LogP contribution in [0.4, 0.5) is 0 Å². The lowest BCUT2D eigenvalue weighted by atomic mass is 10.0. The standard InChI is InChI=1S/C16H22N4O/c1-11-15(12(2)20(3)19-11)10-13-4-6-14(7-5-13)16(21)18-9-8-17/h4-7H,8-10,17H2,1-3H3,(H,18,21). The summed E-state index contributed by atoms with van der Waals surface area (Å²) in [7, 11) is 1.96. The van der Waals surface area contributed by atoms with E-state index in [9.17, 15) is 4.79 Å². The van der Waals surface area contributed by atoms with Gasteiger partial charge in [-0.25, -0.2) is 0 Å². The Hall–Kier alpha value is -2.14. The number of nitrogens with zero attached hydrogens (tertiary/aromatic N) is 2. The normalized spacial score (nSPS) is 10.7. The van der Waals surface area contributed by atoms with E-state index in [0.717, 1.165) is 12.1 Å². The van der Waals surface area contributed by atoms with E-state index in [1.165, 1.54) is 16.8 Å². The fourth-order valence-corrected chi connectivity index (χ4v) is 2.34. The van der Waals surface area contributed by atoms with Crippen LogP contribution in [0.5, 0.6) is 0 Å². The van der Waals surface area contributed by atoms with Crippen molar-refractivity contribution in [2.75, 3.05) is 13.1 Å². The van der Waals surface area contributed by atoms with Crippen LogP contribution in [0.25, 0.3) is 0 Å². The molecule has 0 aliphatic carbocycles. The Morgan fingerprint density at radius 3 is 2.48 bits per heavy atom. The molecule has 3 N–H and O–H groups in total. The highest BCUT2D eigenvalue weighted by molar-refractivity contribution is 5.94. The molecule has 1 amide bonds. The van der Waals surface area contributed by atoms with E-state index in [2.05, 4.69) is 17.3 Å². The van der Waals surface area contributed by atoms with Crippen LogP contribution in [0.15, 0.2) is 24.3 Å². The Labute approximate surface area is 125 Å². The van der Waals surface area contributed by atoms with Crippen LogP contribution in [0.1, 0.15) is 32.9 Å². The molecule has 0 aliphatic heterocycles. The Morgan fingerprint density at radius 2 is 1.95 bits per heavy atom. The Morgan fingerprint density at radius 1 is 1.29 bits per heavy atom. The number of rotatable bonds is 5. The molecule has 0 radical (unpaired) electrons. The van der Waals surface area contributed by atoms with Gasteiger partial charge >= 0.3 is 0 Å². The molecular formula is C16H22N4O. The van der Waals surface area contributed by atoms with Crippen molar-refractivity contribution in [3.05, 3.63) is 52.3 Å². The number of aryl methyl sites for hydroxylation is 2. The summed E-state index contributed by atoms with van der Waals surface area (Å²) in [5.41, 5.74) is 10.7. The third-order valence-corrected chi connectivity index (χ3v) is 3.69. The molecule has 1 heterocycles. The van der Waals surface area contributed by atoms with Gasteiger partial charge in [-0.3, -0.25) is 9.48 Å². The lowest BCUT2D eigenvalue weighted by Crippen LogP contribution is -2.28. The zero-order valence-electron chi connectivity index (χ0n) is 12.8. The van der Waals surface area contributed by atoms with Crippen LogP contribution < -0.4 is 11.1 Å². The fraction of sp³-hybridized carbons (Fsp3) is 0.375. The van der Waals surface area contributed by atoms with Gasteiger partial charge in [-0.1, -0.05) is 12.1 Å². The minimum absolute atomic E-state index is 0.0826. The first-order valence-electron chi connectivity index (χ1n) is 7.09. The van der Waals surface area contributed by atoms with E-state index < -0.39 is 0 Å². The van der Waals surface area contributed by atoms with Crippen molar-refractivity contribution in [1.29, 1.82) is 0 Å². The van der Waals surface area contributed by atoms with E-state index in [0.29, 0.717) is 18.7 Å². The van der Waals surface area contributed by atoms with Gasteiger partial charge in [-0.05, 0) is 31.5 Å². The number of aromatic nitrogens is 2. The summed E-state index contributed by atoms with van der Waals surface area (Å²) in [6, 6.07) is 7.68. The van der Waals surface area contributed by atoms with Gasteiger partial charge in [0.1, 0.15) is 0 Å². The van der Waals surface area contributed by atoms with Crippen molar-refractivity contribution in [3.63, 3.8) is 0 Å². The molecule has 0 fully saturated rings. The molecule has 0 bridgehead atoms. The van der Waals surface area contributed by atoms with Crippen LogP contribution >= 0.6 is 0 Å². The third-order valence-electron chi connectivity index (χ3n) is 3.69. The van der Waals surface area contributed by atoms with Crippen molar-refractivity contribution in [1.82, 2.24) is 15.1 Å². The number of nitrogens with two attached hydrogens (primary N) is 1. The van der Waals surface area contributed by atoms with E-state index >= 15 is 0 Å². The van der Waals surface area contributed by atoms with Gasteiger partial charge in [-0.2, -0.15) is 5.10 Å². The van der Waals surface area contributed by atoms with Gasteiger partial charge in [0.15, 0.2) is 0 Å². The first kappa shape index (κ1) is 15.3. The van der Waals surface area contributed by atoms with Crippen LogP contribution in [0.2, 0.25) is 0 Å². The first-order valence-corrected chi connectivity index (χ1v) is 7.09. The number of carbonyl (C=O) groups excluding carboxylic acids is 1. The molecule has 0 aliphatic rings. The van der Waals surface area contributed by atoms with E-state index in [4.69, 9.17) is 5.73 Å². The molecule has 112 valence electrons. The summed E-state index contributed by atoms with van der Waals surface area (Å²) in [5.74, 6) is -0.0826. The second kappa shape index (κ2) is 6.54. The first-order chi connectivity index (χ1) is 10.0. The molecule has 0 saturated heterocycles. The van der Waals surface area contributed by atoms with Gasteiger partial charge < -0.3 is 11.1 Å². The molecule has 0 saturated carbocycles. The second-order valence-corrected chi connectivity index (χ2v) is 5.19. The van der Waals surface area contributed by atoms with Gasteiger partial charge in [-0.15, -0.1) is 0 Å². The summed E-state index contributed by atoms with van der Waals surface area (Å²) in [6.07, 6.45) is 0.830. The summed E-state index contributed by atoms with van der Waals surface area (Å²) in [5, 5.41) is 7.19. The molecule has 0 atom stereocenters. The van der Waals surface area contributed by atoms with Crippen LogP contribution in [0, 0.1) is 13.8 Å². The Balaban J connectivity index is 2.11. The molecule has 1 aromatic carbocycles.